The number of rotatable bonds is 5. The third-order valence-electron chi connectivity index (χ3n) is 3.35. The Morgan fingerprint density at radius 1 is 1.10 bits per heavy atom. The largest absolute Gasteiger partial charge is 0.310 e. The van der Waals surface area contributed by atoms with E-state index in [-0.39, 0.29) is 5.82 Å². The van der Waals surface area contributed by atoms with Crippen molar-refractivity contribution in [3.63, 3.8) is 0 Å². The summed E-state index contributed by atoms with van der Waals surface area (Å²) in [5.41, 5.74) is 2.97. The van der Waals surface area contributed by atoms with Gasteiger partial charge in [0.1, 0.15) is 5.82 Å². The van der Waals surface area contributed by atoms with Crippen molar-refractivity contribution in [2.75, 3.05) is 0 Å². The second-order valence-corrected chi connectivity index (χ2v) is 6.11. The van der Waals surface area contributed by atoms with E-state index in [1.54, 1.807) is 13.0 Å². The number of nitrogens with one attached hydrogen (secondary N) is 1. The second-order valence-electron chi connectivity index (χ2n) is 5.20. The molecular formula is C17H19BrFN. The molecule has 2 aromatic rings. The molecule has 0 aromatic heterocycles. The Morgan fingerprint density at radius 3 is 2.40 bits per heavy atom. The molecule has 1 unspecified atom stereocenters. The Kier molecular flexibility index (Phi) is 5.32. The highest BCUT2D eigenvalue weighted by Crippen LogP contribution is 2.13. The molecule has 1 nitrogen and oxygen atoms in total. The summed E-state index contributed by atoms with van der Waals surface area (Å²) in [6, 6.07) is 14.1. The van der Waals surface area contributed by atoms with Crippen molar-refractivity contribution in [2.24, 2.45) is 0 Å². The van der Waals surface area contributed by atoms with E-state index in [2.05, 4.69) is 52.4 Å². The first-order chi connectivity index (χ1) is 9.54. The summed E-state index contributed by atoms with van der Waals surface area (Å²) in [5, 5.41) is 3.43. The standard InChI is InChI=1S/C17H19BrFN/c1-12-3-4-15(10-17(12)19)11-20-13(2)9-14-5-7-16(18)8-6-14/h3-8,10,13,20H,9,11H2,1-2H3. The van der Waals surface area contributed by atoms with Crippen molar-refractivity contribution in [3.05, 3.63) is 69.4 Å². The molecule has 3 heteroatoms. The molecule has 0 saturated carbocycles. The number of hydrogen-bond donors (Lipinski definition) is 1. The molecule has 2 rings (SSSR count). The molecule has 0 aliphatic rings. The molecular weight excluding hydrogens is 317 g/mol. The summed E-state index contributed by atoms with van der Waals surface area (Å²) in [7, 11) is 0. The van der Waals surface area contributed by atoms with Crippen LogP contribution in [-0.2, 0) is 13.0 Å². The number of halogens is 2. The smallest absolute Gasteiger partial charge is 0.126 e. The topological polar surface area (TPSA) is 12.0 Å². The monoisotopic (exact) mass is 335 g/mol. The van der Waals surface area contributed by atoms with Crippen LogP contribution in [0.15, 0.2) is 46.9 Å². The fourth-order valence-electron chi connectivity index (χ4n) is 2.08. The lowest BCUT2D eigenvalue weighted by Crippen LogP contribution is -2.27. The molecule has 0 bridgehead atoms. The van der Waals surface area contributed by atoms with Crippen LogP contribution in [0.25, 0.3) is 0 Å². The van der Waals surface area contributed by atoms with E-state index in [0.717, 1.165) is 16.5 Å². The van der Waals surface area contributed by atoms with Gasteiger partial charge in [-0.25, -0.2) is 4.39 Å². The highest BCUT2D eigenvalue weighted by atomic mass is 79.9. The van der Waals surface area contributed by atoms with Crippen LogP contribution in [0.1, 0.15) is 23.6 Å². The van der Waals surface area contributed by atoms with Crippen molar-refractivity contribution in [3.8, 4) is 0 Å². The lowest BCUT2D eigenvalue weighted by atomic mass is 10.1. The van der Waals surface area contributed by atoms with E-state index < -0.39 is 0 Å². The maximum Gasteiger partial charge on any atom is 0.126 e. The molecule has 0 radical (unpaired) electrons. The predicted octanol–water partition coefficient (Wildman–Crippen LogP) is 4.62. The van der Waals surface area contributed by atoms with Gasteiger partial charge >= 0.3 is 0 Å². The van der Waals surface area contributed by atoms with E-state index in [1.165, 1.54) is 5.56 Å². The van der Waals surface area contributed by atoms with E-state index >= 15 is 0 Å². The molecule has 1 atom stereocenters. The Morgan fingerprint density at radius 2 is 1.75 bits per heavy atom. The van der Waals surface area contributed by atoms with Gasteiger partial charge in [-0.2, -0.15) is 0 Å². The minimum atomic E-state index is -0.134. The quantitative estimate of drug-likeness (QED) is 0.840. The van der Waals surface area contributed by atoms with E-state index in [4.69, 9.17) is 0 Å². The van der Waals surface area contributed by atoms with Crippen molar-refractivity contribution in [1.82, 2.24) is 5.32 Å². The SMILES string of the molecule is Cc1ccc(CNC(C)Cc2ccc(Br)cc2)cc1F. The van der Waals surface area contributed by atoms with Crippen LogP contribution in [0.3, 0.4) is 0 Å². The van der Waals surface area contributed by atoms with Gasteiger partial charge in [0.05, 0.1) is 0 Å². The van der Waals surface area contributed by atoms with Gasteiger partial charge < -0.3 is 5.32 Å². The number of hydrogen-bond acceptors (Lipinski definition) is 1. The van der Waals surface area contributed by atoms with E-state index in [9.17, 15) is 4.39 Å². The van der Waals surface area contributed by atoms with Crippen LogP contribution >= 0.6 is 15.9 Å². The number of benzene rings is 2. The second kappa shape index (κ2) is 7.00. The molecule has 0 amide bonds. The van der Waals surface area contributed by atoms with Gasteiger partial charge in [-0.05, 0) is 55.2 Å². The maximum atomic E-state index is 13.5. The maximum absolute atomic E-state index is 13.5. The molecule has 0 aliphatic heterocycles. The average molecular weight is 336 g/mol. The Balaban J connectivity index is 1.86. The van der Waals surface area contributed by atoms with Crippen LogP contribution in [0, 0.1) is 12.7 Å². The highest BCUT2D eigenvalue weighted by molar-refractivity contribution is 9.10. The van der Waals surface area contributed by atoms with Crippen LogP contribution in [0.5, 0.6) is 0 Å². The summed E-state index contributed by atoms with van der Waals surface area (Å²) in [6.07, 6.45) is 0.960. The van der Waals surface area contributed by atoms with Gasteiger partial charge in [-0.3, -0.25) is 0 Å². The first-order valence-corrected chi connectivity index (χ1v) is 7.57. The molecule has 20 heavy (non-hydrogen) atoms. The normalized spacial score (nSPS) is 12.4. The van der Waals surface area contributed by atoms with Crippen molar-refractivity contribution >= 4 is 15.9 Å². The predicted molar refractivity (Wildman–Crippen MR) is 85.3 cm³/mol. The van der Waals surface area contributed by atoms with Crippen molar-refractivity contribution in [1.29, 1.82) is 0 Å². The summed E-state index contributed by atoms with van der Waals surface area (Å²) in [6.45, 7) is 4.62. The first kappa shape index (κ1) is 15.2. The van der Waals surface area contributed by atoms with Crippen LogP contribution in [0.4, 0.5) is 4.39 Å². The molecule has 106 valence electrons. The zero-order chi connectivity index (χ0) is 14.5. The average Bonchev–Trinajstić information content (AvgIpc) is 2.43. The summed E-state index contributed by atoms with van der Waals surface area (Å²) in [5.74, 6) is -0.134. The lowest BCUT2D eigenvalue weighted by Gasteiger charge is -2.14. The fourth-order valence-corrected chi connectivity index (χ4v) is 2.35. The first-order valence-electron chi connectivity index (χ1n) is 6.77. The van der Waals surface area contributed by atoms with Crippen LogP contribution in [-0.4, -0.2) is 6.04 Å². The molecule has 0 heterocycles. The van der Waals surface area contributed by atoms with Crippen molar-refractivity contribution < 1.29 is 4.39 Å². The summed E-state index contributed by atoms with van der Waals surface area (Å²) < 4.78 is 14.6. The Labute approximate surface area is 128 Å². The molecule has 1 N–H and O–H groups in total. The molecule has 0 aliphatic carbocycles. The molecule has 0 spiro atoms. The van der Waals surface area contributed by atoms with Gasteiger partial charge in [0.15, 0.2) is 0 Å². The third-order valence-corrected chi connectivity index (χ3v) is 3.87. The zero-order valence-electron chi connectivity index (χ0n) is 11.8. The summed E-state index contributed by atoms with van der Waals surface area (Å²) >= 11 is 3.43. The summed E-state index contributed by atoms with van der Waals surface area (Å²) in [4.78, 5) is 0. The third kappa shape index (κ3) is 4.43. The van der Waals surface area contributed by atoms with E-state index in [0.29, 0.717) is 18.2 Å². The van der Waals surface area contributed by atoms with Gasteiger partial charge in [-0.1, -0.05) is 40.2 Å². The lowest BCUT2D eigenvalue weighted by molar-refractivity contribution is 0.542. The Bertz CT molecular complexity index is 566. The van der Waals surface area contributed by atoms with Gasteiger partial charge in [-0.15, -0.1) is 0 Å². The van der Waals surface area contributed by atoms with Crippen LogP contribution in [0.2, 0.25) is 0 Å². The van der Waals surface area contributed by atoms with Crippen LogP contribution < -0.4 is 5.32 Å². The minimum Gasteiger partial charge on any atom is -0.310 e. The number of aryl methyl sites for hydroxylation is 1. The van der Waals surface area contributed by atoms with E-state index in [1.807, 2.05) is 12.1 Å². The minimum absolute atomic E-state index is 0.134. The molecule has 2 aromatic carbocycles. The Hall–Kier alpha value is -1.19. The highest BCUT2D eigenvalue weighted by Gasteiger charge is 2.05. The van der Waals surface area contributed by atoms with Gasteiger partial charge in [0.2, 0.25) is 0 Å². The van der Waals surface area contributed by atoms with Gasteiger partial charge in [0.25, 0.3) is 0 Å². The zero-order valence-corrected chi connectivity index (χ0v) is 13.4. The molecule has 0 fully saturated rings. The fraction of sp³-hybridized carbons (Fsp3) is 0.294. The van der Waals surface area contributed by atoms with Gasteiger partial charge in [0, 0.05) is 17.1 Å². The molecule has 0 saturated heterocycles. The van der Waals surface area contributed by atoms with Crippen molar-refractivity contribution in [2.45, 2.75) is 32.9 Å².